The molecule has 2 aromatic heterocycles. The van der Waals surface area contributed by atoms with Gasteiger partial charge in [-0.3, -0.25) is 33.5 Å². The van der Waals surface area contributed by atoms with Gasteiger partial charge in [0.2, 0.25) is 11.9 Å². The fourth-order valence-corrected chi connectivity index (χ4v) is 6.49. The zero-order valence-corrected chi connectivity index (χ0v) is 29.1. The van der Waals surface area contributed by atoms with Crippen LogP contribution in [0.5, 0.6) is 11.5 Å². The lowest BCUT2D eigenvalue weighted by atomic mass is 9.80. The van der Waals surface area contributed by atoms with Crippen molar-refractivity contribution in [3.63, 3.8) is 0 Å². The number of imidazole rings is 1. The highest BCUT2D eigenvalue weighted by atomic mass is 31.1. The summed E-state index contributed by atoms with van der Waals surface area (Å²) in [6.07, 6.45) is -5.18. The van der Waals surface area contributed by atoms with Crippen LogP contribution in [-0.2, 0) is 29.0 Å². The number of amides is 1. The van der Waals surface area contributed by atoms with Crippen molar-refractivity contribution >= 4 is 31.3 Å². The van der Waals surface area contributed by atoms with E-state index in [0.29, 0.717) is 22.6 Å². The normalized spacial score (nSPS) is 19.7. The summed E-state index contributed by atoms with van der Waals surface area (Å²) in [5, 5.41) is 2.53. The third kappa shape index (κ3) is 7.16. The van der Waals surface area contributed by atoms with Crippen LogP contribution in [0.3, 0.4) is 0 Å². The first kappa shape index (κ1) is 35.9. The van der Waals surface area contributed by atoms with Gasteiger partial charge in [-0.2, -0.15) is 4.98 Å². The van der Waals surface area contributed by atoms with E-state index in [1.807, 2.05) is 54.6 Å². The second-order valence-corrected chi connectivity index (χ2v) is 12.8. The smallest absolute Gasteiger partial charge is 0.317 e. The fraction of sp³-hybridized carbons (Fsp3) is 0.314. The number of ether oxygens (including phenoxy) is 4. The second-order valence-electron chi connectivity index (χ2n) is 12.1. The number of anilines is 1. The highest BCUT2D eigenvalue weighted by molar-refractivity contribution is 7.32. The molecule has 1 aliphatic rings. The number of H-pyrrole nitrogens is 1. The van der Waals surface area contributed by atoms with Crippen LogP contribution in [-0.4, -0.2) is 69.5 Å². The van der Waals surface area contributed by atoms with Gasteiger partial charge in [-0.05, 0) is 41.0 Å². The average molecular weight is 722 g/mol. The van der Waals surface area contributed by atoms with Gasteiger partial charge in [0.15, 0.2) is 23.6 Å². The largest absolute Gasteiger partial charge is 0.497 e. The minimum absolute atomic E-state index is 0.0714. The zero-order valence-electron chi connectivity index (χ0n) is 28.1. The maximum Gasteiger partial charge on any atom is 0.317 e. The van der Waals surface area contributed by atoms with Crippen molar-refractivity contribution < 1.29 is 42.1 Å². The van der Waals surface area contributed by atoms with E-state index in [2.05, 4.69) is 20.3 Å². The van der Waals surface area contributed by atoms with Crippen molar-refractivity contribution in [3.05, 3.63) is 112 Å². The molecule has 5 atom stereocenters. The van der Waals surface area contributed by atoms with Gasteiger partial charge in [-0.15, -0.1) is 0 Å². The number of alkyl halides is 1. The first-order valence-electron chi connectivity index (χ1n) is 16.0. The number of hydrogen-bond donors (Lipinski definition) is 3. The van der Waals surface area contributed by atoms with Crippen LogP contribution >= 0.6 is 8.25 Å². The SMILES string of the molecule is COc1ccc(C(OC[C@H]2O[C@@H](n3cnc4c(=O)[nH]c(NC(=O)C(C)C)nc43)[C@H](O[PH](=O)O)[C@@H]2F)(c2ccccc2)c2ccc(OC)cc2)cc1. The Morgan fingerprint density at radius 2 is 1.61 bits per heavy atom. The molecule has 16 heteroatoms. The summed E-state index contributed by atoms with van der Waals surface area (Å²) < 4.78 is 58.8. The third-order valence-electron chi connectivity index (χ3n) is 8.61. The molecule has 0 radical (unpaired) electrons. The summed E-state index contributed by atoms with van der Waals surface area (Å²) >= 11 is 0. The maximum atomic E-state index is 16.5. The van der Waals surface area contributed by atoms with Gasteiger partial charge in [-0.25, -0.2) is 9.37 Å². The highest BCUT2D eigenvalue weighted by Crippen LogP contribution is 2.44. The van der Waals surface area contributed by atoms with Gasteiger partial charge in [0.1, 0.15) is 29.3 Å². The third-order valence-corrected chi connectivity index (χ3v) is 9.08. The number of nitrogens with one attached hydrogen (secondary N) is 2. The predicted molar refractivity (Wildman–Crippen MR) is 185 cm³/mol. The molecule has 1 unspecified atom stereocenters. The van der Waals surface area contributed by atoms with Gasteiger partial charge in [-0.1, -0.05) is 68.4 Å². The van der Waals surface area contributed by atoms with E-state index in [1.165, 1.54) is 10.9 Å². The van der Waals surface area contributed by atoms with Crippen LogP contribution in [0.25, 0.3) is 11.2 Å². The highest BCUT2D eigenvalue weighted by Gasteiger charge is 2.50. The number of carbonyl (C=O) groups is 1. The number of nitrogens with zero attached hydrogens (tertiary/aromatic N) is 3. The Labute approximate surface area is 292 Å². The molecule has 1 saturated heterocycles. The topological polar surface area (TPSA) is 176 Å². The first-order chi connectivity index (χ1) is 24.5. The molecule has 1 fully saturated rings. The molecule has 0 aliphatic carbocycles. The van der Waals surface area contributed by atoms with Crippen molar-refractivity contribution in [2.24, 2.45) is 5.92 Å². The lowest BCUT2D eigenvalue weighted by molar-refractivity contribution is -0.118. The number of aromatic nitrogens is 4. The Hall–Kier alpha value is -4.92. The molecule has 268 valence electrons. The summed E-state index contributed by atoms with van der Waals surface area (Å²) in [5.41, 5.74) is -0.0878. The van der Waals surface area contributed by atoms with E-state index >= 15 is 4.39 Å². The van der Waals surface area contributed by atoms with Gasteiger partial charge in [0, 0.05) is 5.92 Å². The molecule has 0 saturated carbocycles. The van der Waals surface area contributed by atoms with E-state index in [-0.39, 0.29) is 23.7 Å². The molecule has 3 heterocycles. The van der Waals surface area contributed by atoms with E-state index in [0.717, 1.165) is 5.56 Å². The van der Waals surface area contributed by atoms with Crippen molar-refractivity contribution in [1.29, 1.82) is 0 Å². The number of hydrogen-bond acceptors (Lipinski definition) is 10. The standard InChI is InChI=1S/C35H37FN5O9P/c1-20(2)31(42)39-34-38-30-28(32(43)40-34)37-19-41(30)33-29(50-51(44)45)27(36)26(49-33)18-48-35(21-8-6-5-7-9-21,22-10-14-24(46-3)15-11-22)23-12-16-25(47-4)17-13-23/h5-17,19-20,26-27,29,33,51H,18H2,1-4H3,(H,44,45)(H2,38,39,40,42,43)/t26-,27-,29-,33-/m1/s1. The molecule has 3 aromatic carbocycles. The van der Waals surface area contributed by atoms with Crippen molar-refractivity contribution in [3.8, 4) is 11.5 Å². The minimum atomic E-state index is -3.69. The van der Waals surface area contributed by atoms with Crippen LogP contribution in [0.2, 0.25) is 0 Å². The Bertz CT molecular complexity index is 2010. The minimum Gasteiger partial charge on any atom is -0.497 e. The molecule has 5 aromatic rings. The summed E-state index contributed by atoms with van der Waals surface area (Å²) in [5.74, 6) is 0.251. The van der Waals surface area contributed by atoms with E-state index in [9.17, 15) is 19.0 Å². The summed E-state index contributed by atoms with van der Waals surface area (Å²) in [6.45, 7) is 2.97. The molecule has 3 N–H and O–H groups in total. The average Bonchev–Trinajstić information content (AvgIpc) is 3.69. The van der Waals surface area contributed by atoms with Crippen molar-refractivity contribution in [1.82, 2.24) is 19.5 Å². The van der Waals surface area contributed by atoms with Gasteiger partial charge in [0.25, 0.3) is 5.56 Å². The first-order valence-corrected chi connectivity index (χ1v) is 17.3. The Balaban J connectivity index is 1.40. The Morgan fingerprint density at radius 1 is 1.02 bits per heavy atom. The van der Waals surface area contributed by atoms with Crippen LogP contribution < -0.4 is 20.3 Å². The molecule has 0 bridgehead atoms. The Morgan fingerprint density at radius 3 is 2.16 bits per heavy atom. The van der Waals surface area contributed by atoms with E-state index in [1.54, 1.807) is 52.3 Å². The van der Waals surface area contributed by atoms with Crippen molar-refractivity contribution in [2.45, 2.75) is 44.1 Å². The number of aromatic amines is 1. The monoisotopic (exact) mass is 721 g/mol. The summed E-state index contributed by atoms with van der Waals surface area (Å²) in [6, 6.07) is 23.9. The lowest BCUT2D eigenvalue weighted by Gasteiger charge is -2.37. The quantitative estimate of drug-likeness (QED) is 0.113. The lowest BCUT2D eigenvalue weighted by Crippen LogP contribution is -2.38. The number of benzene rings is 3. The molecule has 1 amide bonds. The van der Waals surface area contributed by atoms with Crippen molar-refractivity contribution in [2.75, 3.05) is 26.1 Å². The molecular formula is C35H37FN5O9P. The molecule has 1 aliphatic heterocycles. The van der Waals surface area contributed by atoms with E-state index in [4.69, 9.17) is 23.5 Å². The number of rotatable bonds is 13. The van der Waals surface area contributed by atoms with Crippen LogP contribution in [0.15, 0.2) is 90.0 Å². The molecule has 0 spiro atoms. The zero-order chi connectivity index (χ0) is 36.3. The number of fused-ring (bicyclic) bond motifs is 1. The predicted octanol–water partition coefficient (Wildman–Crippen LogP) is 4.74. The van der Waals surface area contributed by atoms with Crippen LogP contribution in [0.4, 0.5) is 10.3 Å². The summed E-state index contributed by atoms with van der Waals surface area (Å²) in [4.78, 5) is 45.9. The molecular weight excluding hydrogens is 684 g/mol. The van der Waals surface area contributed by atoms with Crippen LogP contribution in [0, 0.1) is 5.92 Å². The number of methoxy groups -OCH3 is 2. The molecule has 14 nitrogen and oxygen atoms in total. The maximum absolute atomic E-state index is 16.5. The summed E-state index contributed by atoms with van der Waals surface area (Å²) in [7, 11) is -0.564. The van der Waals surface area contributed by atoms with Gasteiger partial charge < -0.3 is 23.8 Å². The van der Waals surface area contributed by atoms with E-state index < -0.39 is 55.8 Å². The second kappa shape index (κ2) is 15.1. The number of halogens is 1. The molecule has 51 heavy (non-hydrogen) atoms. The van der Waals surface area contributed by atoms with Gasteiger partial charge in [0.05, 0.1) is 27.2 Å². The fourth-order valence-electron chi connectivity index (χ4n) is 6.01. The van der Waals surface area contributed by atoms with Crippen LogP contribution in [0.1, 0.15) is 36.8 Å². The number of carbonyl (C=O) groups excluding carboxylic acids is 1. The Kier molecular flexibility index (Phi) is 10.6. The molecule has 6 rings (SSSR count). The van der Waals surface area contributed by atoms with Gasteiger partial charge >= 0.3 is 8.25 Å².